The highest BCUT2D eigenvalue weighted by Crippen LogP contribution is 2.14. The van der Waals surface area contributed by atoms with Crippen LogP contribution in [0.5, 0.6) is 0 Å². The van der Waals surface area contributed by atoms with Crippen molar-refractivity contribution < 1.29 is 4.74 Å². The minimum Gasteiger partial charge on any atom is -0.382 e. The Morgan fingerprint density at radius 3 is 2.94 bits per heavy atom. The van der Waals surface area contributed by atoms with E-state index in [0.717, 1.165) is 32.7 Å². The highest BCUT2D eigenvalue weighted by molar-refractivity contribution is 7.80. The molecule has 0 radical (unpaired) electrons. The number of hydrogen-bond donors (Lipinski definition) is 2. The molecular formula is C12H20N2OS2. The molecule has 2 N–H and O–H groups in total. The predicted octanol–water partition coefficient (Wildman–Crippen LogP) is 2.45. The Bertz CT molecular complexity index is 339. The van der Waals surface area contributed by atoms with Gasteiger partial charge in [0.1, 0.15) is 0 Å². The zero-order valence-electron chi connectivity index (χ0n) is 10.4. The summed E-state index contributed by atoms with van der Waals surface area (Å²) in [6.45, 7) is 7.35. The second kappa shape index (κ2) is 8.44. The molecule has 0 saturated carbocycles. The molecule has 0 saturated heterocycles. The van der Waals surface area contributed by atoms with Gasteiger partial charge in [0.2, 0.25) is 0 Å². The molecule has 0 atom stereocenters. The Kier molecular flexibility index (Phi) is 7.16. The second-order valence-electron chi connectivity index (χ2n) is 3.69. The monoisotopic (exact) mass is 272 g/mol. The van der Waals surface area contributed by atoms with Crippen LogP contribution in [0.25, 0.3) is 0 Å². The van der Waals surface area contributed by atoms with Crippen LogP contribution in [0.3, 0.4) is 0 Å². The second-order valence-corrected chi connectivity index (χ2v) is 5.10. The van der Waals surface area contributed by atoms with Crippen molar-refractivity contribution in [1.29, 1.82) is 0 Å². The highest BCUT2D eigenvalue weighted by atomic mass is 32.1. The van der Waals surface area contributed by atoms with E-state index in [2.05, 4.69) is 29.0 Å². The molecule has 0 spiro atoms. The van der Waals surface area contributed by atoms with Gasteiger partial charge in [-0.3, -0.25) is 0 Å². The highest BCUT2D eigenvalue weighted by Gasteiger charge is 2.00. The molecule has 0 aromatic carbocycles. The van der Waals surface area contributed by atoms with Gasteiger partial charge in [-0.2, -0.15) is 0 Å². The summed E-state index contributed by atoms with van der Waals surface area (Å²) in [6, 6.07) is 2.13. The maximum Gasteiger partial charge on any atom is 0.166 e. The summed E-state index contributed by atoms with van der Waals surface area (Å²) in [5, 5.41) is 9.19. The molecule has 5 heteroatoms. The molecule has 0 fully saturated rings. The van der Waals surface area contributed by atoms with E-state index in [4.69, 9.17) is 17.0 Å². The minimum atomic E-state index is 0.717. The summed E-state index contributed by atoms with van der Waals surface area (Å²) in [5.74, 6) is 0. The van der Waals surface area contributed by atoms with Crippen molar-refractivity contribution in [3.8, 4) is 0 Å². The number of rotatable bonds is 7. The SMILES string of the molecule is CCOCCCNC(=S)NCc1sccc1C. The van der Waals surface area contributed by atoms with Crippen LogP contribution in [0.1, 0.15) is 23.8 Å². The van der Waals surface area contributed by atoms with E-state index < -0.39 is 0 Å². The number of hydrogen-bond acceptors (Lipinski definition) is 3. The molecule has 1 rings (SSSR count). The van der Waals surface area contributed by atoms with E-state index >= 15 is 0 Å². The first-order valence-electron chi connectivity index (χ1n) is 5.86. The fourth-order valence-corrected chi connectivity index (χ4v) is 2.35. The summed E-state index contributed by atoms with van der Waals surface area (Å²) in [5.41, 5.74) is 1.32. The molecule has 1 aromatic heterocycles. The minimum absolute atomic E-state index is 0.717. The van der Waals surface area contributed by atoms with Gasteiger partial charge in [0.25, 0.3) is 0 Å². The first kappa shape index (κ1) is 14.4. The number of thiophene rings is 1. The van der Waals surface area contributed by atoms with Crippen LogP contribution >= 0.6 is 23.6 Å². The van der Waals surface area contributed by atoms with Crippen LogP contribution in [0.4, 0.5) is 0 Å². The summed E-state index contributed by atoms with van der Waals surface area (Å²) in [7, 11) is 0. The quantitative estimate of drug-likeness (QED) is 0.590. The van der Waals surface area contributed by atoms with Crippen LogP contribution < -0.4 is 10.6 Å². The third kappa shape index (κ3) is 6.00. The lowest BCUT2D eigenvalue weighted by atomic mass is 10.3. The van der Waals surface area contributed by atoms with E-state index in [1.165, 1.54) is 10.4 Å². The Morgan fingerprint density at radius 1 is 1.47 bits per heavy atom. The number of nitrogens with one attached hydrogen (secondary N) is 2. The van der Waals surface area contributed by atoms with E-state index in [9.17, 15) is 0 Å². The van der Waals surface area contributed by atoms with Crippen molar-refractivity contribution in [1.82, 2.24) is 10.6 Å². The van der Waals surface area contributed by atoms with Crippen LogP contribution in [-0.4, -0.2) is 24.9 Å². The molecule has 1 aromatic rings. The molecule has 3 nitrogen and oxygen atoms in total. The van der Waals surface area contributed by atoms with Gasteiger partial charge in [-0.05, 0) is 49.5 Å². The van der Waals surface area contributed by atoms with E-state index in [-0.39, 0.29) is 0 Å². The molecule has 0 aliphatic carbocycles. The fourth-order valence-electron chi connectivity index (χ4n) is 1.33. The summed E-state index contributed by atoms with van der Waals surface area (Å²) in [4.78, 5) is 1.34. The van der Waals surface area contributed by atoms with Gasteiger partial charge in [0.05, 0.1) is 6.54 Å². The van der Waals surface area contributed by atoms with Gasteiger partial charge in [-0.1, -0.05) is 0 Å². The lowest BCUT2D eigenvalue weighted by molar-refractivity contribution is 0.145. The Hall–Kier alpha value is -0.650. The van der Waals surface area contributed by atoms with Gasteiger partial charge in [0.15, 0.2) is 5.11 Å². The Labute approximate surface area is 113 Å². The van der Waals surface area contributed by atoms with Gasteiger partial charge in [0, 0.05) is 24.6 Å². The van der Waals surface area contributed by atoms with Crippen molar-refractivity contribution in [2.45, 2.75) is 26.8 Å². The van der Waals surface area contributed by atoms with Gasteiger partial charge >= 0.3 is 0 Å². The van der Waals surface area contributed by atoms with Gasteiger partial charge in [-0.15, -0.1) is 11.3 Å². The third-order valence-corrected chi connectivity index (χ3v) is 3.64. The lowest BCUT2D eigenvalue weighted by Gasteiger charge is -2.10. The van der Waals surface area contributed by atoms with Crippen molar-refractivity contribution in [3.63, 3.8) is 0 Å². The van der Waals surface area contributed by atoms with Crippen molar-refractivity contribution in [3.05, 3.63) is 21.9 Å². The average Bonchev–Trinajstić information content (AvgIpc) is 2.72. The van der Waals surface area contributed by atoms with Gasteiger partial charge in [-0.25, -0.2) is 0 Å². The summed E-state index contributed by atoms with van der Waals surface area (Å²) >= 11 is 6.95. The van der Waals surface area contributed by atoms with Crippen molar-refractivity contribution in [2.75, 3.05) is 19.8 Å². The fraction of sp³-hybridized carbons (Fsp3) is 0.583. The van der Waals surface area contributed by atoms with E-state index in [1.807, 2.05) is 6.92 Å². The lowest BCUT2D eigenvalue weighted by Crippen LogP contribution is -2.35. The zero-order valence-corrected chi connectivity index (χ0v) is 12.0. The predicted molar refractivity (Wildman–Crippen MR) is 77.6 cm³/mol. The third-order valence-electron chi connectivity index (χ3n) is 2.33. The van der Waals surface area contributed by atoms with Crippen LogP contribution in [0.2, 0.25) is 0 Å². The number of thiocarbonyl (C=S) groups is 1. The molecule has 1 heterocycles. The topological polar surface area (TPSA) is 33.3 Å². The molecule has 0 unspecified atom stereocenters. The number of aryl methyl sites for hydroxylation is 1. The number of ether oxygens (including phenoxy) is 1. The average molecular weight is 272 g/mol. The zero-order chi connectivity index (χ0) is 12.5. The molecule has 0 aliphatic heterocycles. The molecule has 0 bridgehead atoms. The molecule has 0 amide bonds. The summed E-state index contributed by atoms with van der Waals surface area (Å²) in [6.07, 6.45) is 0.980. The molecule has 96 valence electrons. The maximum atomic E-state index is 5.25. The van der Waals surface area contributed by atoms with Crippen molar-refractivity contribution >= 4 is 28.7 Å². The van der Waals surface area contributed by atoms with Gasteiger partial charge < -0.3 is 15.4 Å². The normalized spacial score (nSPS) is 10.2. The molecule has 0 aliphatic rings. The largest absolute Gasteiger partial charge is 0.382 e. The first-order valence-corrected chi connectivity index (χ1v) is 7.15. The van der Waals surface area contributed by atoms with Crippen LogP contribution in [0.15, 0.2) is 11.4 Å². The van der Waals surface area contributed by atoms with Crippen LogP contribution in [-0.2, 0) is 11.3 Å². The maximum absolute atomic E-state index is 5.25. The molecular weight excluding hydrogens is 252 g/mol. The van der Waals surface area contributed by atoms with E-state index in [1.54, 1.807) is 11.3 Å². The van der Waals surface area contributed by atoms with E-state index in [0.29, 0.717) is 5.11 Å². The van der Waals surface area contributed by atoms with Crippen molar-refractivity contribution in [2.24, 2.45) is 0 Å². The smallest absolute Gasteiger partial charge is 0.166 e. The summed E-state index contributed by atoms with van der Waals surface area (Å²) < 4.78 is 5.25. The molecule has 17 heavy (non-hydrogen) atoms. The Morgan fingerprint density at radius 2 is 2.29 bits per heavy atom. The Balaban J connectivity index is 2.07. The standard InChI is InChI=1S/C12H20N2OS2/c1-3-15-7-4-6-13-12(16)14-9-11-10(2)5-8-17-11/h5,8H,3-4,6-7,9H2,1-2H3,(H2,13,14,16). The van der Waals surface area contributed by atoms with Crippen LogP contribution in [0, 0.1) is 6.92 Å². The first-order chi connectivity index (χ1) is 8.24.